The Kier molecular flexibility index (Phi) is 1.23. The molecule has 1 saturated heterocycles. The summed E-state index contributed by atoms with van der Waals surface area (Å²) >= 11 is 0. The number of hydrogen-bond acceptors (Lipinski definition) is 3. The highest BCUT2D eigenvalue weighted by Crippen LogP contribution is 2.31. The van der Waals surface area contributed by atoms with Crippen molar-refractivity contribution in [2.45, 2.75) is 5.41 Å². The van der Waals surface area contributed by atoms with Crippen LogP contribution >= 0.6 is 0 Å². The third-order valence-electron chi connectivity index (χ3n) is 1.90. The summed E-state index contributed by atoms with van der Waals surface area (Å²) in [5.41, 5.74) is -0.497. The molecule has 11 heavy (non-hydrogen) atoms. The monoisotopic (exact) mass is 149 g/mol. The van der Waals surface area contributed by atoms with Crippen molar-refractivity contribution in [2.24, 2.45) is 0 Å². The van der Waals surface area contributed by atoms with Crippen molar-refractivity contribution < 1.29 is 9.15 Å². The number of rotatable bonds is 1. The summed E-state index contributed by atoms with van der Waals surface area (Å²) in [5, 5.41) is 8.82. The van der Waals surface area contributed by atoms with Gasteiger partial charge in [0.15, 0.2) is 5.41 Å². The smallest absolute Gasteiger partial charge is 0.161 e. The summed E-state index contributed by atoms with van der Waals surface area (Å²) in [6.45, 7) is 0.911. The highest BCUT2D eigenvalue weighted by molar-refractivity contribution is 5.27. The predicted octanol–water partition coefficient (Wildman–Crippen LogP) is 1.07. The summed E-state index contributed by atoms with van der Waals surface area (Å²) in [6, 6.07) is 5.79. The first-order chi connectivity index (χ1) is 5.37. The Labute approximate surface area is 64.2 Å². The second-order valence-corrected chi connectivity index (χ2v) is 2.66. The van der Waals surface area contributed by atoms with Gasteiger partial charge in [0.05, 0.1) is 25.5 Å². The molecule has 2 rings (SSSR count). The lowest BCUT2D eigenvalue weighted by Gasteiger charge is -2.32. The molecule has 56 valence electrons. The fraction of sp³-hybridized carbons (Fsp3) is 0.375. The van der Waals surface area contributed by atoms with E-state index in [0.29, 0.717) is 19.0 Å². The maximum Gasteiger partial charge on any atom is 0.161 e. The van der Waals surface area contributed by atoms with Gasteiger partial charge in [-0.15, -0.1) is 0 Å². The topological polar surface area (TPSA) is 46.2 Å². The van der Waals surface area contributed by atoms with Gasteiger partial charge in [0.25, 0.3) is 0 Å². The van der Waals surface area contributed by atoms with Crippen LogP contribution in [-0.2, 0) is 10.2 Å². The van der Waals surface area contributed by atoms with Crippen molar-refractivity contribution in [2.75, 3.05) is 13.2 Å². The Balaban J connectivity index is 2.34. The maximum atomic E-state index is 8.82. The fourth-order valence-corrected chi connectivity index (χ4v) is 1.12. The van der Waals surface area contributed by atoms with Gasteiger partial charge in [0, 0.05) is 0 Å². The summed E-state index contributed by atoms with van der Waals surface area (Å²) < 4.78 is 10.1. The van der Waals surface area contributed by atoms with Crippen molar-refractivity contribution >= 4 is 0 Å². The zero-order chi connectivity index (χ0) is 7.73. The molecule has 0 atom stereocenters. The van der Waals surface area contributed by atoms with Crippen LogP contribution in [0.3, 0.4) is 0 Å². The molecule has 0 unspecified atom stereocenters. The molecule has 1 aromatic rings. The number of nitrogens with zero attached hydrogens (tertiary/aromatic N) is 1. The minimum Gasteiger partial charge on any atom is -0.467 e. The average molecular weight is 149 g/mol. The third-order valence-corrected chi connectivity index (χ3v) is 1.90. The fourth-order valence-electron chi connectivity index (χ4n) is 1.12. The predicted molar refractivity (Wildman–Crippen MR) is 36.8 cm³/mol. The molecule has 3 heteroatoms. The first kappa shape index (κ1) is 6.44. The van der Waals surface area contributed by atoms with Gasteiger partial charge in [-0.2, -0.15) is 5.26 Å². The minimum atomic E-state index is -0.497. The largest absolute Gasteiger partial charge is 0.467 e. The van der Waals surface area contributed by atoms with E-state index in [4.69, 9.17) is 14.4 Å². The van der Waals surface area contributed by atoms with Gasteiger partial charge in [0.1, 0.15) is 5.76 Å². The van der Waals surface area contributed by atoms with Crippen molar-refractivity contribution in [3.05, 3.63) is 24.2 Å². The van der Waals surface area contributed by atoms with Crippen LogP contribution in [0.5, 0.6) is 0 Å². The number of nitriles is 1. The Morgan fingerprint density at radius 2 is 2.36 bits per heavy atom. The Hall–Kier alpha value is -1.27. The molecule has 3 nitrogen and oxygen atoms in total. The summed E-state index contributed by atoms with van der Waals surface area (Å²) in [7, 11) is 0. The summed E-state index contributed by atoms with van der Waals surface area (Å²) in [6.07, 6.45) is 1.58. The molecule has 0 amide bonds. The Bertz CT molecular complexity index is 280. The van der Waals surface area contributed by atoms with E-state index in [2.05, 4.69) is 6.07 Å². The van der Waals surface area contributed by atoms with Crippen LogP contribution in [0.2, 0.25) is 0 Å². The molecule has 1 aliphatic heterocycles. The molecule has 0 aromatic carbocycles. The van der Waals surface area contributed by atoms with E-state index >= 15 is 0 Å². The second-order valence-electron chi connectivity index (χ2n) is 2.66. The number of ether oxygens (including phenoxy) is 1. The molecule has 0 spiro atoms. The molecular weight excluding hydrogens is 142 g/mol. The molecule has 1 aromatic heterocycles. The van der Waals surface area contributed by atoms with Crippen molar-refractivity contribution in [3.8, 4) is 6.07 Å². The molecule has 0 aliphatic carbocycles. The van der Waals surface area contributed by atoms with Crippen LogP contribution in [-0.4, -0.2) is 13.2 Å². The van der Waals surface area contributed by atoms with Gasteiger partial charge in [-0.3, -0.25) is 0 Å². The van der Waals surface area contributed by atoms with Gasteiger partial charge in [0.2, 0.25) is 0 Å². The highest BCUT2D eigenvalue weighted by Gasteiger charge is 2.43. The molecular formula is C8H7NO2. The van der Waals surface area contributed by atoms with Gasteiger partial charge in [-0.1, -0.05) is 0 Å². The van der Waals surface area contributed by atoms with Gasteiger partial charge in [-0.05, 0) is 12.1 Å². The lowest BCUT2D eigenvalue weighted by Crippen LogP contribution is -2.45. The van der Waals surface area contributed by atoms with E-state index in [1.165, 1.54) is 0 Å². The van der Waals surface area contributed by atoms with E-state index in [-0.39, 0.29) is 0 Å². The SMILES string of the molecule is N#CC1(c2ccco2)COC1. The Morgan fingerprint density at radius 1 is 1.55 bits per heavy atom. The second kappa shape index (κ2) is 2.11. The van der Waals surface area contributed by atoms with Crippen molar-refractivity contribution in [1.82, 2.24) is 0 Å². The molecule has 0 saturated carbocycles. The van der Waals surface area contributed by atoms with Gasteiger partial charge in [-0.25, -0.2) is 0 Å². The van der Waals surface area contributed by atoms with Crippen LogP contribution in [0.15, 0.2) is 22.8 Å². The first-order valence-corrected chi connectivity index (χ1v) is 3.40. The summed E-state index contributed by atoms with van der Waals surface area (Å²) in [4.78, 5) is 0. The maximum absolute atomic E-state index is 8.82. The van der Waals surface area contributed by atoms with E-state index in [1.807, 2.05) is 6.07 Å². The highest BCUT2D eigenvalue weighted by atomic mass is 16.5. The molecule has 1 aliphatic rings. The molecule has 0 N–H and O–H groups in total. The standard InChI is InChI=1S/C8H7NO2/c9-4-8(5-10-6-8)7-2-1-3-11-7/h1-3H,5-6H2. The molecule has 0 radical (unpaired) electrons. The van der Waals surface area contributed by atoms with Gasteiger partial charge >= 0.3 is 0 Å². The van der Waals surface area contributed by atoms with E-state index < -0.39 is 5.41 Å². The van der Waals surface area contributed by atoms with Crippen LogP contribution in [0.4, 0.5) is 0 Å². The zero-order valence-corrected chi connectivity index (χ0v) is 5.91. The van der Waals surface area contributed by atoms with E-state index in [1.54, 1.807) is 12.3 Å². The molecule has 1 fully saturated rings. The lowest BCUT2D eigenvalue weighted by molar-refractivity contribution is -0.0392. The zero-order valence-electron chi connectivity index (χ0n) is 5.91. The van der Waals surface area contributed by atoms with Crippen LogP contribution < -0.4 is 0 Å². The van der Waals surface area contributed by atoms with Crippen LogP contribution in [0.1, 0.15) is 5.76 Å². The normalized spacial score (nSPS) is 20.3. The van der Waals surface area contributed by atoms with Crippen LogP contribution in [0, 0.1) is 11.3 Å². The lowest BCUT2D eigenvalue weighted by atomic mass is 9.85. The molecule has 0 bridgehead atoms. The van der Waals surface area contributed by atoms with E-state index in [9.17, 15) is 0 Å². The third kappa shape index (κ3) is 0.765. The number of hydrogen-bond donors (Lipinski definition) is 0. The molecule has 2 heterocycles. The number of furan rings is 1. The van der Waals surface area contributed by atoms with E-state index in [0.717, 1.165) is 0 Å². The van der Waals surface area contributed by atoms with Gasteiger partial charge < -0.3 is 9.15 Å². The summed E-state index contributed by atoms with van der Waals surface area (Å²) in [5.74, 6) is 0.714. The quantitative estimate of drug-likeness (QED) is 0.600. The van der Waals surface area contributed by atoms with Crippen molar-refractivity contribution in [1.29, 1.82) is 5.26 Å². The van der Waals surface area contributed by atoms with Crippen molar-refractivity contribution in [3.63, 3.8) is 0 Å². The Morgan fingerprint density at radius 3 is 2.73 bits per heavy atom. The first-order valence-electron chi connectivity index (χ1n) is 3.40. The average Bonchev–Trinajstić information content (AvgIpc) is 2.39. The van der Waals surface area contributed by atoms with Crippen LogP contribution in [0.25, 0.3) is 0 Å². The minimum absolute atomic E-state index is 0.455.